The third kappa shape index (κ3) is 16.4. The Morgan fingerprint density at radius 2 is 0.974 bits per heavy atom. The minimum Gasteiger partial charge on any atom is -0.416 e. The molecule has 0 saturated heterocycles. The fourth-order valence-corrected chi connectivity index (χ4v) is 12.0. The highest BCUT2D eigenvalue weighted by Gasteiger charge is 2.44. The van der Waals surface area contributed by atoms with Gasteiger partial charge >= 0.3 is 0 Å². The zero-order valence-corrected chi connectivity index (χ0v) is 27.9. The predicted molar refractivity (Wildman–Crippen MR) is 173 cm³/mol. The van der Waals surface area contributed by atoms with Crippen molar-refractivity contribution in [1.29, 1.82) is 0 Å². The molecule has 1 aromatic carbocycles. The second-order valence-corrected chi connectivity index (χ2v) is 18.3. The maximum Gasteiger partial charge on any atom is 0.200 e. The first-order chi connectivity index (χ1) is 18.8. The number of hydrogen-bond acceptors (Lipinski definition) is 3. The average molecular weight is 563 g/mol. The number of unbranched alkanes of at least 4 members (excludes halogenated alkanes) is 12. The Labute approximate surface area is 245 Å². The summed E-state index contributed by atoms with van der Waals surface area (Å²) in [4.78, 5) is 0. The predicted octanol–water partition coefficient (Wildman–Crippen LogP) is 11.0. The molecule has 0 amide bonds. The van der Waals surface area contributed by atoms with Gasteiger partial charge in [-0.05, 0) is 47.9 Å². The van der Waals surface area contributed by atoms with Crippen LogP contribution < -0.4 is 0 Å². The van der Waals surface area contributed by atoms with Gasteiger partial charge in [0.25, 0.3) is 0 Å². The lowest BCUT2D eigenvalue weighted by atomic mass is 10.0. The maximum atomic E-state index is 10.3. The highest BCUT2D eigenvalue weighted by molar-refractivity contribution is 6.77. The summed E-state index contributed by atoms with van der Waals surface area (Å²) in [5.41, 5.74) is 3.30. The molecule has 0 aliphatic carbocycles. The topological polar surface area (TPSA) is 38.7 Å². The second kappa shape index (κ2) is 22.9. The summed E-state index contributed by atoms with van der Waals surface area (Å²) in [7, 11) is -1.68. The Morgan fingerprint density at radius 1 is 0.564 bits per heavy atom. The van der Waals surface area contributed by atoms with E-state index in [1.54, 1.807) is 0 Å². The van der Waals surface area contributed by atoms with E-state index >= 15 is 0 Å². The molecule has 0 bridgehead atoms. The third-order valence-corrected chi connectivity index (χ3v) is 14.8. The van der Waals surface area contributed by atoms with E-state index in [4.69, 9.17) is 9.16 Å². The largest absolute Gasteiger partial charge is 0.416 e. The van der Waals surface area contributed by atoms with Crippen LogP contribution in [0.4, 0.5) is 0 Å². The molecule has 39 heavy (non-hydrogen) atoms. The van der Waals surface area contributed by atoms with Gasteiger partial charge < -0.3 is 14.3 Å². The summed E-state index contributed by atoms with van der Waals surface area (Å²) in [5, 5.41) is 10.3. The minimum atomic E-state index is -1.68. The van der Waals surface area contributed by atoms with Crippen LogP contribution in [0, 0.1) is 0 Å². The van der Waals surface area contributed by atoms with Crippen molar-refractivity contribution in [2.75, 3.05) is 13.2 Å². The van der Waals surface area contributed by atoms with E-state index in [1.807, 2.05) is 6.07 Å². The molecule has 1 N–H and O–H groups in total. The monoisotopic (exact) mass is 562 g/mol. The van der Waals surface area contributed by atoms with Gasteiger partial charge in [0.2, 0.25) is 0 Å². The molecule has 0 saturated carbocycles. The van der Waals surface area contributed by atoms with Crippen LogP contribution in [-0.4, -0.2) is 32.7 Å². The van der Waals surface area contributed by atoms with Crippen molar-refractivity contribution in [3.05, 3.63) is 35.9 Å². The van der Waals surface area contributed by atoms with Crippen molar-refractivity contribution in [3.8, 4) is 0 Å². The van der Waals surface area contributed by atoms with Gasteiger partial charge in [-0.15, -0.1) is 0 Å². The SMILES string of the molecule is CC(C)[Si](OCCCCCCCCCCC(O)CCCCCCCCOCc1ccccc1)(C(C)C)C(C)C. The smallest absolute Gasteiger partial charge is 0.200 e. The molecule has 1 atom stereocenters. The van der Waals surface area contributed by atoms with Crippen molar-refractivity contribution in [1.82, 2.24) is 0 Å². The van der Waals surface area contributed by atoms with E-state index in [1.165, 1.54) is 89.0 Å². The number of hydrogen-bond donors (Lipinski definition) is 1. The van der Waals surface area contributed by atoms with Crippen LogP contribution in [0.3, 0.4) is 0 Å². The van der Waals surface area contributed by atoms with Crippen molar-refractivity contribution < 1.29 is 14.3 Å². The van der Waals surface area contributed by atoms with Crippen LogP contribution >= 0.6 is 0 Å². The molecule has 0 fully saturated rings. The molecule has 1 aromatic rings. The Bertz CT molecular complexity index is 639. The van der Waals surface area contributed by atoms with E-state index in [9.17, 15) is 5.11 Å². The average Bonchev–Trinajstić information content (AvgIpc) is 2.90. The van der Waals surface area contributed by atoms with Crippen molar-refractivity contribution in [2.45, 2.75) is 174 Å². The highest BCUT2D eigenvalue weighted by atomic mass is 28.4. The summed E-state index contributed by atoms with van der Waals surface area (Å²) in [5.74, 6) is 0. The summed E-state index contributed by atoms with van der Waals surface area (Å²) in [6.07, 6.45) is 19.6. The Balaban J connectivity index is 1.86. The van der Waals surface area contributed by atoms with Crippen molar-refractivity contribution >= 4 is 8.32 Å². The van der Waals surface area contributed by atoms with E-state index in [2.05, 4.69) is 65.8 Å². The Hall–Kier alpha value is -0.683. The Morgan fingerprint density at radius 3 is 1.44 bits per heavy atom. The molecule has 228 valence electrons. The number of ether oxygens (including phenoxy) is 1. The first kappa shape index (κ1) is 36.3. The first-order valence-corrected chi connectivity index (χ1v) is 18.9. The van der Waals surface area contributed by atoms with Gasteiger partial charge in [0, 0.05) is 13.2 Å². The van der Waals surface area contributed by atoms with E-state index < -0.39 is 8.32 Å². The van der Waals surface area contributed by atoms with Gasteiger partial charge in [0.1, 0.15) is 0 Å². The standard InChI is InChI=1S/C35H66O3Si/c1-31(2)39(32(3)4,33(5)6)38-29-23-16-11-8-7-9-13-20-26-35(36)27-21-14-10-12-15-22-28-37-30-34-24-18-17-19-25-34/h17-19,24-25,31-33,35-36H,7-16,20-23,26-30H2,1-6H3. The molecule has 1 unspecified atom stereocenters. The highest BCUT2D eigenvalue weighted by Crippen LogP contribution is 2.42. The fraction of sp³-hybridized carbons (Fsp3) is 0.829. The number of benzene rings is 1. The maximum absolute atomic E-state index is 10.3. The van der Waals surface area contributed by atoms with Crippen LogP contribution in [0.1, 0.15) is 150 Å². The van der Waals surface area contributed by atoms with Crippen LogP contribution in [0.5, 0.6) is 0 Å². The number of aliphatic hydroxyl groups excluding tert-OH is 1. The van der Waals surface area contributed by atoms with Gasteiger partial charge in [-0.2, -0.15) is 0 Å². The van der Waals surface area contributed by atoms with Gasteiger partial charge in [-0.1, -0.05) is 149 Å². The quantitative estimate of drug-likeness (QED) is 0.0901. The lowest BCUT2D eigenvalue weighted by Crippen LogP contribution is -2.47. The van der Waals surface area contributed by atoms with E-state index in [-0.39, 0.29) is 6.10 Å². The lowest BCUT2D eigenvalue weighted by molar-refractivity contribution is 0.116. The van der Waals surface area contributed by atoms with E-state index in [0.717, 1.165) is 39.1 Å². The van der Waals surface area contributed by atoms with Crippen LogP contribution in [-0.2, 0) is 15.8 Å². The Kier molecular flexibility index (Phi) is 21.4. The van der Waals surface area contributed by atoms with E-state index in [0.29, 0.717) is 16.6 Å². The van der Waals surface area contributed by atoms with Gasteiger partial charge in [0.15, 0.2) is 8.32 Å². The normalized spacial score (nSPS) is 13.2. The summed E-state index contributed by atoms with van der Waals surface area (Å²) in [6, 6.07) is 10.4. The summed E-state index contributed by atoms with van der Waals surface area (Å²) >= 11 is 0. The molecule has 0 aromatic heterocycles. The molecule has 0 aliphatic rings. The van der Waals surface area contributed by atoms with Crippen LogP contribution in [0.2, 0.25) is 16.6 Å². The molecule has 4 heteroatoms. The molecule has 3 nitrogen and oxygen atoms in total. The van der Waals surface area contributed by atoms with Gasteiger partial charge in [-0.25, -0.2) is 0 Å². The zero-order chi connectivity index (χ0) is 28.8. The number of rotatable bonds is 26. The minimum absolute atomic E-state index is 0.0884. The molecule has 1 rings (SSSR count). The van der Waals surface area contributed by atoms with Gasteiger partial charge in [-0.3, -0.25) is 0 Å². The van der Waals surface area contributed by atoms with Crippen molar-refractivity contribution in [3.63, 3.8) is 0 Å². The fourth-order valence-electron chi connectivity index (χ4n) is 6.49. The number of aliphatic hydroxyl groups is 1. The molecule has 0 heterocycles. The molecule has 0 spiro atoms. The second-order valence-electron chi connectivity index (χ2n) is 12.9. The third-order valence-electron chi connectivity index (χ3n) is 8.68. The van der Waals surface area contributed by atoms with Crippen molar-refractivity contribution in [2.24, 2.45) is 0 Å². The van der Waals surface area contributed by atoms with Gasteiger partial charge in [0.05, 0.1) is 12.7 Å². The molecule has 0 radical (unpaired) electrons. The summed E-state index contributed by atoms with van der Waals surface area (Å²) < 4.78 is 12.4. The first-order valence-electron chi connectivity index (χ1n) is 16.7. The van der Waals surface area contributed by atoms with Crippen LogP contribution in [0.15, 0.2) is 30.3 Å². The molecule has 0 aliphatic heterocycles. The summed E-state index contributed by atoms with van der Waals surface area (Å²) in [6.45, 7) is 16.8. The van der Waals surface area contributed by atoms with Crippen LogP contribution in [0.25, 0.3) is 0 Å². The zero-order valence-electron chi connectivity index (χ0n) is 26.9. The molecular weight excluding hydrogens is 496 g/mol. The molecular formula is C35H66O3Si. The lowest BCUT2D eigenvalue weighted by Gasteiger charge is -2.42.